The molecule has 1 aliphatic rings. The topological polar surface area (TPSA) is 82.4 Å². The van der Waals surface area contributed by atoms with Gasteiger partial charge in [0.1, 0.15) is 11.0 Å². The van der Waals surface area contributed by atoms with Crippen molar-refractivity contribution in [1.82, 2.24) is 14.9 Å². The van der Waals surface area contributed by atoms with E-state index in [9.17, 15) is 9.59 Å². The minimum atomic E-state index is -0.824. The van der Waals surface area contributed by atoms with E-state index < -0.39 is 17.9 Å². The molecule has 1 N–H and O–H groups in total. The fraction of sp³-hybridized carbons (Fsp3) is 0.526. The molecule has 154 valence electrons. The minimum absolute atomic E-state index is 0.0890. The second-order valence-corrected chi connectivity index (χ2v) is 7.67. The zero-order valence-corrected chi connectivity index (χ0v) is 18.4. The van der Waals surface area contributed by atoms with Gasteiger partial charge in [-0.05, 0) is 26.7 Å². The van der Waals surface area contributed by atoms with Crippen LogP contribution in [0.4, 0.5) is 0 Å². The number of nitrogens with one attached hydrogen (secondary N) is 1. The van der Waals surface area contributed by atoms with Gasteiger partial charge in [0.15, 0.2) is 5.15 Å². The third-order valence-corrected chi connectivity index (χ3v) is 5.10. The van der Waals surface area contributed by atoms with Crippen LogP contribution in [0.2, 0.25) is 10.3 Å². The molecule has 1 atom stereocenters. The predicted molar refractivity (Wildman–Crippen MR) is 107 cm³/mol. The SMILES string of the molecule is CCOC(=O)C1=C(C)NC(C)=C(C(=O)OCC(C)C)C1c1nc(Cl)c(Cl)n1C. The van der Waals surface area contributed by atoms with Crippen LogP contribution in [0, 0.1) is 5.92 Å². The molecule has 0 radical (unpaired) electrons. The number of rotatable bonds is 6. The van der Waals surface area contributed by atoms with E-state index in [-0.39, 0.29) is 40.6 Å². The molecule has 7 nitrogen and oxygen atoms in total. The molecule has 0 aromatic carbocycles. The number of carbonyl (C=O) groups excluding carboxylic acids is 2. The standard InChI is InChI=1S/C19H25Cl2N3O4/c1-7-27-18(25)12-10(4)22-11(5)13(19(26)28-8-9(2)3)14(12)17-23-15(20)16(21)24(17)6/h9,14,22H,7-8H2,1-6H3. The summed E-state index contributed by atoms with van der Waals surface area (Å²) in [6, 6.07) is 0. The Morgan fingerprint density at radius 3 is 2.11 bits per heavy atom. The lowest BCUT2D eigenvalue weighted by Crippen LogP contribution is -2.34. The Morgan fingerprint density at radius 2 is 1.68 bits per heavy atom. The maximum absolute atomic E-state index is 12.9. The minimum Gasteiger partial charge on any atom is -0.463 e. The number of halogens is 2. The largest absolute Gasteiger partial charge is 0.463 e. The summed E-state index contributed by atoms with van der Waals surface area (Å²) in [6.07, 6.45) is 0. The number of aromatic nitrogens is 2. The molecule has 0 fully saturated rings. The fourth-order valence-electron chi connectivity index (χ4n) is 3.04. The van der Waals surface area contributed by atoms with Gasteiger partial charge in [0.05, 0.1) is 30.3 Å². The molecule has 0 bridgehead atoms. The maximum atomic E-state index is 12.9. The maximum Gasteiger partial charge on any atom is 0.336 e. The summed E-state index contributed by atoms with van der Waals surface area (Å²) in [6.45, 7) is 9.53. The average molecular weight is 430 g/mol. The van der Waals surface area contributed by atoms with Crippen LogP contribution in [0.3, 0.4) is 0 Å². The first-order valence-corrected chi connectivity index (χ1v) is 9.76. The summed E-state index contributed by atoms with van der Waals surface area (Å²) in [4.78, 5) is 30.0. The predicted octanol–water partition coefficient (Wildman–Crippen LogP) is 3.72. The van der Waals surface area contributed by atoms with Gasteiger partial charge in [-0.15, -0.1) is 0 Å². The number of hydrogen-bond donors (Lipinski definition) is 1. The van der Waals surface area contributed by atoms with Crippen molar-refractivity contribution in [3.8, 4) is 0 Å². The third kappa shape index (κ3) is 4.36. The van der Waals surface area contributed by atoms with Gasteiger partial charge in [-0.1, -0.05) is 37.0 Å². The van der Waals surface area contributed by atoms with Crippen LogP contribution in [0.5, 0.6) is 0 Å². The van der Waals surface area contributed by atoms with Crippen molar-refractivity contribution in [2.45, 2.75) is 40.5 Å². The van der Waals surface area contributed by atoms with Crippen molar-refractivity contribution in [2.75, 3.05) is 13.2 Å². The molecular weight excluding hydrogens is 405 g/mol. The van der Waals surface area contributed by atoms with Gasteiger partial charge in [0, 0.05) is 18.4 Å². The molecular formula is C19H25Cl2N3O4. The summed E-state index contributed by atoms with van der Waals surface area (Å²) in [7, 11) is 1.67. The molecule has 0 aliphatic carbocycles. The molecule has 9 heteroatoms. The van der Waals surface area contributed by atoms with Crippen molar-refractivity contribution in [1.29, 1.82) is 0 Å². The molecule has 0 saturated carbocycles. The number of ether oxygens (including phenoxy) is 2. The number of esters is 2. The first-order chi connectivity index (χ1) is 13.1. The van der Waals surface area contributed by atoms with Crippen LogP contribution in [0.25, 0.3) is 0 Å². The van der Waals surface area contributed by atoms with E-state index in [1.165, 1.54) is 0 Å². The summed E-state index contributed by atoms with van der Waals surface area (Å²) >= 11 is 12.3. The Hall–Kier alpha value is -1.99. The van der Waals surface area contributed by atoms with Gasteiger partial charge in [0.25, 0.3) is 0 Å². The third-order valence-electron chi connectivity index (χ3n) is 4.30. The average Bonchev–Trinajstić information content (AvgIpc) is 2.86. The van der Waals surface area contributed by atoms with E-state index in [2.05, 4.69) is 10.3 Å². The number of hydrogen-bond acceptors (Lipinski definition) is 6. The normalized spacial score (nSPS) is 17.1. The number of allylic oxidation sites excluding steroid dienone is 2. The van der Waals surface area contributed by atoms with E-state index in [1.807, 2.05) is 13.8 Å². The zero-order valence-electron chi connectivity index (χ0n) is 16.9. The summed E-state index contributed by atoms with van der Waals surface area (Å²) in [5.74, 6) is -1.38. The quantitative estimate of drug-likeness (QED) is 0.693. The van der Waals surface area contributed by atoms with Gasteiger partial charge < -0.3 is 19.4 Å². The fourth-order valence-corrected chi connectivity index (χ4v) is 3.38. The second kappa shape index (κ2) is 9.01. The Bertz CT molecular complexity index is 856. The van der Waals surface area contributed by atoms with Crippen molar-refractivity contribution in [3.63, 3.8) is 0 Å². The van der Waals surface area contributed by atoms with Crippen molar-refractivity contribution in [2.24, 2.45) is 13.0 Å². The molecule has 1 unspecified atom stereocenters. The van der Waals surface area contributed by atoms with Gasteiger partial charge in [0.2, 0.25) is 0 Å². The Labute approximate surface area is 174 Å². The van der Waals surface area contributed by atoms with Gasteiger partial charge in [-0.2, -0.15) is 0 Å². The Kier molecular flexibility index (Phi) is 7.17. The molecule has 2 heterocycles. The van der Waals surface area contributed by atoms with E-state index in [0.29, 0.717) is 17.2 Å². The smallest absolute Gasteiger partial charge is 0.336 e. The molecule has 28 heavy (non-hydrogen) atoms. The van der Waals surface area contributed by atoms with Crippen LogP contribution in [0.1, 0.15) is 46.4 Å². The van der Waals surface area contributed by atoms with E-state index in [1.54, 1.807) is 32.4 Å². The Morgan fingerprint density at radius 1 is 1.14 bits per heavy atom. The van der Waals surface area contributed by atoms with Crippen LogP contribution < -0.4 is 5.32 Å². The van der Waals surface area contributed by atoms with Crippen LogP contribution in [0.15, 0.2) is 22.5 Å². The van der Waals surface area contributed by atoms with E-state index in [4.69, 9.17) is 32.7 Å². The first kappa shape index (κ1) is 22.3. The molecule has 2 rings (SSSR count). The number of imidazole rings is 1. The number of nitrogens with zero attached hydrogens (tertiary/aromatic N) is 2. The van der Waals surface area contributed by atoms with Crippen molar-refractivity contribution in [3.05, 3.63) is 38.7 Å². The molecule has 1 aliphatic heterocycles. The summed E-state index contributed by atoms with van der Waals surface area (Å²) < 4.78 is 12.2. The summed E-state index contributed by atoms with van der Waals surface area (Å²) in [5.41, 5.74) is 1.68. The lowest BCUT2D eigenvalue weighted by molar-refractivity contribution is -0.140. The van der Waals surface area contributed by atoms with Gasteiger partial charge in [-0.25, -0.2) is 14.6 Å². The highest BCUT2D eigenvalue weighted by atomic mass is 35.5. The monoisotopic (exact) mass is 429 g/mol. The number of carbonyl (C=O) groups is 2. The van der Waals surface area contributed by atoms with Crippen LogP contribution in [-0.4, -0.2) is 34.7 Å². The highest BCUT2D eigenvalue weighted by molar-refractivity contribution is 6.40. The zero-order chi connectivity index (χ0) is 21.2. The Balaban J connectivity index is 2.64. The summed E-state index contributed by atoms with van der Waals surface area (Å²) in [5, 5.41) is 3.38. The van der Waals surface area contributed by atoms with E-state index in [0.717, 1.165) is 0 Å². The molecule has 0 spiro atoms. The molecule has 0 saturated heterocycles. The van der Waals surface area contributed by atoms with Crippen molar-refractivity contribution < 1.29 is 19.1 Å². The number of dihydropyridines is 1. The second-order valence-electron chi connectivity index (χ2n) is 6.96. The molecule has 1 aromatic rings. The van der Waals surface area contributed by atoms with Crippen LogP contribution >= 0.6 is 23.2 Å². The molecule has 0 amide bonds. The first-order valence-electron chi connectivity index (χ1n) is 9.00. The highest BCUT2D eigenvalue weighted by Crippen LogP contribution is 2.40. The van der Waals surface area contributed by atoms with Gasteiger partial charge in [-0.3, -0.25) is 0 Å². The lowest BCUT2D eigenvalue weighted by Gasteiger charge is -2.30. The van der Waals surface area contributed by atoms with Gasteiger partial charge >= 0.3 is 11.9 Å². The van der Waals surface area contributed by atoms with Crippen molar-refractivity contribution >= 4 is 35.1 Å². The molecule has 1 aromatic heterocycles. The van der Waals surface area contributed by atoms with Crippen LogP contribution in [-0.2, 0) is 26.1 Å². The van der Waals surface area contributed by atoms with E-state index >= 15 is 0 Å². The lowest BCUT2D eigenvalue weighted by atomic mass is 9.84. The highest BCUT2D eigenvalue weighted by Gasteiger charge is 2.41.